The van der Waals surface area contributed by atoms with E-state index in [0.717, 1.165) is 0 Å². The normalized spacial score (nSPS) is 12.9. The number of ether oxygens (including phenoxy) is 2. The van der Waals surface area contributed by atoms with Crippen molar-refractivity contribution in [3.63, 3.8) is 0 Å². The monoisotopic (exact) mass is 359 g/mol. The molecule has 1 N–H and O–H groups in total. The molecule has 0 bridgehead atoms. The molecular weight excluding hydrogens is 348 g/mol. The van der Waals surface area contributed by atoms with E-state index in [1.165, 1.54) is 0 Å². The van der Waals surface area contributed by atoms with E-state index in [1.54, 1.807) is 38.1 Å². The Morgan fingerprint density at radius 1 is 1.20 bits per heavy atom. The molecule has 0 unspecified atom stereocenters. The molecule has 0 aliphatic rings. The number of carbonyl (C=O) groups is 1. The van der Waals surface area contributed by atoms with Crippen molar-refractivity contribution in [3.05, 3.63) is 29.3 Å². The SMILES string of the molecule is CC(C)OC(=O)N[C@@H](Oc1ccc(Cl)cc1)C(Cl)(Cl)Cl. The minimum Gasteiger partial charge on any atom is -0.466 e. The second-order valence-corrected chi connectivity index (χ2v) is 6.90. The molecule has 0 heterocycles. The number of alkyl carbamates (subject to hydrolysis) is 1. The van der Waals surface area contributed by atoms with Crippen molar-refractivity contribution < 1.29 is 14.3 Å². The molecule has 1 atom stereocenters. The van der Waals surface area contributed by atoms with Crippen LogP contribution in [-0.2, 0) is 4.74 Å². The van der Waals surface area contributed by atoms with E-state index in [4.69, 9.17) is 55.9 Å². The Hall–Kier alpha value is -0.550. The smallest absolute Gasteiger partial charge is 0.410 e. The van der Waals surface area contributed by atoms with E-state index < -0.39 is 16.1 Å². The largest absolute Gasteiger partial charge is 0.466 e. The second-order valence-electron chi connectivity index (χ2n) is 4.09. The lowest BCUT2D eigenvalue weighted by Crippen LogP contribution is -2.48. The highest BCUT2D eigenvalue weighted by atomic mass is 35.6. The van der Waals surface area contributed by atoms with Crippen LogP contribution in [0.2, 0.25) is 5.02 Å². The first kappa shape index (κ1) is 17.5. The summed E-state index contributed by atoms with van der Waals surface area (Å²) in [4.78, 5) is 11.5. The van der Waals surface area contributed by atoms with Gasteiger partial charge in [0.15, 0.2) is 0 Å². The lowest BCUT2D eigenvalue weighted by atomic mass is 10.3. The first-order valence-corrected chi connectivity index (χ1v) is 7.15. The number of hydrogen-bond donors (Lipinski definition) is 1. The van der Waals surface area contributed by atoms with Gasteiger partial charge in [0.25, 0.3) is 0 Å². The van der Waals surface area contributed by atoms with Crippen LogP contribution in [0.4, 0.5) is 4.79 Å². The van der Waals surface area contributed by atoms with Crippen molar-refractivity contribution in [3.8, 4) is 5.75 Å². The van der Waals surface area contributed by atoms with Gasteiger partial charge in [-0.1, -0.05) is 46.4 Å². The maximum Gasteiger partial charge on any atom is 0.410 e. The van der Waals surface area contributed by atoms with Crippen molar-refractivity contribution in [2.24, 2.45) is 0 Å². The molecule has 0 aliphatic heterocycles. The van der Waals surface area contributed by atoms with Crippen LogP contribution in [0.1, 0.15) is 13.8 Å². The third-order valence-electron chi connectivity index (χ3n) is 1.96. The third-order valence-corrected chi connectivity index (χ3v) is 2.80. The molecule has 0 fully saturated rings. The Kier molecular flexibility index (Phi) is 6.52. The number of nitrogens with one attached hydrogen (secondary N) is 1. The molecule has 1 aromatic rings. The van der Waals surface area contributed by atoms with Crippen LogP contribution in [0.5, 0.6) is 5.75 Å². The first-order valence-electron chi connectivity index (χ1n) is 5.64. The molecule has 4 nitrogen and oxygen atoms in total. The highest BCUT2D eigenvalue weighted by Gasteiger charge is 2.36. The van der Waals surface area contributed by atoms with E-state index in [2.05, 4.69) is 5.32 Å². The number of amides is 1. The van der Waals surface area contributed by atoms with Gasteiger partial charge in [-0.3, -0.25) is 5.32 Å². The highest BCUT2D eigenvalue weighted by Crippen LogP contribution is 2.32. The van der Waals surface area contributed by atoms with Crippen LogP contribution in [0.3, 0.4) is 0 Å². The van der Waals surface area contributed by atoms with E-state index in [9.17, 15) is 4.79 Å². The molecule has 0 radical (unpaired) electrons. The average Bonchev–Trinajstić information content (AvgIpc) is 2.28. The van der Waals surface area contributed by atoms with Crippen molar-refractivity contribution in [2.75, 3.05) is 0 Å². The summed E-state index contributed by atoms with van der Waals surface area (Å²) in [5.74, 6) is 0.385. The van der Waals surface area contributed by atoms with Crippen LogP contribution in [0.25, 0.3) is 0 Å². The van der Waals surface area contributed by atoms with Crippen LogP contribution in [0, 0.1) is 0 Å². The summed E-state index contributed by atoms with van der Waals surface area (Å²) in [7, 11) is 0. The fourth-order valence-electron chi connectivity index (χ4n) is 1.18. The van der Waals surface area contributed by atoms with E-state index >= 15 is 0 Å². The number of benzene rings is 1. The molecule has 0 spiro atoms. The summed E-state index contributed by atoms with van der Waals surface area (Å²) in [6.07, 6.45) is -2.26. The maximum atomic E-state index is 11.5. The van der Waals surface area contributed by atoms with Gasteiger partial charge in [0.05, 0.1) is 6.10 Å². The Balaban J connectivity index is 2.75. The minimum atomic E-state index is -1.87. The van der Waals surface area contributed by atoms with Crippen LogP contribution in [-0.4, -0.2) is 22.2 Å². The standard InChI is InChI=1S/C12H13Cl4NO3/c1-7(2)19-11(18)17-10(12(14,15)16)20-9-5-3-8(13)4-6-9/h3-7,10H,1-2H3,(H,17,18)/t10-/m0/s1. The molecule has 1 amide bonds. The highest BCUT2D eigenvalue weighted by molar-refractivity contribution is 6.68. The molecule has 8 heteroatoms. The summed E-state index contributed by atoms with van der Waals surface area (Å²) < 4.78 is 8.46. The molecule has 1 aromatic carbocycles. The van der Waals surface area contributed by atoms with Crippen molar-refractivity contribution in [1.82, 2.24) is 5.32 Å². The molecule has 0 aliphatic carbocycles. The van der Waals surface area contributed by atoms with Crippen molar-refractivity contribution >= 4 is 52.5 Å². The molecule has 1 rings (SSSR count). The molecular formula is C12H13Cl4NO3. The zero-order valence-corrected chi connectivity index (χ0v) is 13.7. The van der Waals surface area contributed by atoms with E-state index in [-0.39, 0.29) is 6.10 Å². The van der Waals surface area contributed by atoms with Crippen molar-refractivity contribution in [1.29, 1.82) is 0 Å². The first-order chi connectivity index (χ1) is 9.18. The summed E-state index contributed by atoms with van der Waals surface area (Å²) in [6, 6.07) is 6.39. The summed E-state index contributed by atoms with van der Waals surface area (Å²) in [5.41, 5.74) is 0. The number of halogens is 4. The topological polar surface area (TPSA) is 47.6 Å². The number of carbonyl (C=O) groups excluding carboxylic acids is 1. The summed E-state index contributed by atoms with van der Waals surface area (Å²) >= 11 is 23.1. The van der Waals surface area contributed by atoms with Gasteiger partial charge in [-0.25, -0.2) is 4.79 Å². The fourth-order valence-corrected chi connectivity index (χ4v) is 1.61. The Labute approximate surface area is 137 Å². The molecule has 0 aromatic heterocycles. The van der Waals surface area contributed by atoms with Gasteiger partial charge in [-0.15, -0.1) is 0 Å². The lowest BCUT2D eigenvalue weighted by Gasteiger charge is -2.26. The van der Waals surface area contributed by atoms with Gasteiger partial charge < -0.3 is 9.47 Å². The zero-order valence-electron chi connectivity index (χ0n) is 10.7. The predicted molar refractivity (Wildman–Crippen MR) is 80.9 cm³/mol. The fraction of sp³-hybridized carbons (Fsp3) is 0.417. The van der Waals surface area contributed by atoms with Gasteiger partial charge >= 0.3 is 6.09 Å². The zero-order chi connectivity index (χ0) is 15.3. The molecule has 112 valence electrons. The van der Waals surface area contributed by atoms with E-state index in [1.807, 2.05) is 0 Å². The quantitative estimate of drug-likeness (QED) is 0.632. The third kappa shape index (κ3) is 6.27. The van der Waals surface area contributed by atoms with Crippen LogP contribution < -0.4 is 10.1 Å². The Morgan fingerprint density at radius 2 is 1.75 bits per heavy atom. The Morgan fingerprint density at radius 3 is 2.20 bits per heavy atom. The number of alkyl halides is 3. The van der Waals surface area contributed by atoms with Crippen LogP contribution >= 0.6 is 46.4 Å². The minimum absolute atomic E-state index is 0.304. The lowest BCUT2D eigenvalue weighted by molar-refractivity contribution is 0.0899. The van der Waals surface area contributed by atoms with Gasteiger partial charge in [0, 0.05) is 5.02 Å². The number of rotatable bonds is 4. The molecule has 20 heavy (non-hydrogen) atoms. The average molecular weight is 361 g/mol. The summed E-state index contributed by atoms with van der Waals surface area (Å²) in [6.45, 7) is 3.40. The van der Waals surface area contributed by atoms with Gasteiger partial charge in [-0.2, -0.15) is 0 Å². The van der Waals surface area contributed by atoms with Crippen molar-refractivity contribution in [2.45, 2.75) is 30.0 Å². The second kappa shape index (κ2) is 7.46. The van der Waals surface area contributed by atoms with Gasteiger partial charge in [-0.05, 0) is 38.1 Å². The molecule has 0 saturated heterocycles. The van der Waals surface area contributed by atoms with Gasteiger partial charge in [0.2, 0.25) is 10.0 Å². The predicted octanol–water partition coefficient (Wildman–Crippen LogP) is 4.55. The Bertz CT molecular complexity index is 445. The number of hydrogen-bond acceptors (Lipinski definition) is 3. The maximum absolute atomic E-state index is 11.5. The summed E-state index contributed by atoms with van der Waals surface area (Å²) in [5, 5.41) is 2.88. The van der Waals surface area contributed by atoms with Gasteiger partial charge in [0.1, 0.15) is 5.75 Å². The van der Waals surface area contributed by atoms with E-state index in [0.29, 0.717) is 10.8 Å². The van der Waals surface area contributed by atoms with Crippen LogP contribution in [0.15, 0.2) is 24.3 Å². The molecule has 0 saturated carbocycles.